The minimum atomic E-state index is -1.02. The Hall–Kier alpha value is 0.120. The molecule has 4 heteroatoms. The number of rotatable bonds is 0. The van der Waals surface area contributed by atoms with E-state index in [9.17, 15) is 0 Å². The Labute approximate surface area is 103 Å². The van der Waals surface area contributed by atoms with E-state index in [0.29, 0.717) is 10.1 Å². The zero-order valence-electron chi connectivity index (χ0n) is 7.40. The van der Waals surface area contributed by atoms with Gasteiger partial charge in [-0.25, -0.2) is 0 Å². The van der Waals surface area contributed by atoms with Gasteiger partial charge in [-0.05, 0) is 6.92 Å². The van der Waals surface area contributed by atoms with E-state index in [0.717, 1.165) is 0 Å². The molecule has 0 N–H and O–H groups in total. The quantitative estimate of drug-likeness (QED) is 0.590. The topological polar surface area (TPSA) is 0 Å². The Bertz CT molecular complexity index is 326. The average molecular weight is 270 g/mol. The van der Waals surface area contributed by atoms with Gasteiger partial charge in [0.1, 0.15) is 0 Å². The van der Waals surface area contributed by atoms with Crippen molar-refractivity contribution in [1.29, 1.82) is 0 Å². The minimum absolute atomic E-state index is 0.345. The van der Waals surface area contributed by atoms with E-state index < -0.39 is 4.33 Å². The molecular weight excluding hydrogens is 262 g/mol. The second-order valence-electron chi connectivity index (χ2n) is 2.86. The van der Waals surface area contributed by atoms with Crippen molar-refractivity contribution < 1.29 is 0 Å². The Morgan fingerprint density at radius 2 is 1.29 bits per heavy atom. The Kier molecular flexibility index (Phi) is 4.15. The minimum Gasteiger partial charge on any atom is -0.0888 e. The monoisotopic (exact) mass is 268 g/mol. The van der Waals surface area contributed by atoms with Gasteiger partial charge in [0, 0.05) is 0 Å². The smallest absolute Gasteiger partial charge is 0.0888 e. The van der Waals surface area contributed by atoms with E-state index in [4.69, 9.17) is 46.4 Å². The fraction of sp³-hybridized carbons (Fsp3) is 0.200. The number of allylic oxidation sites excluding steroid dienone is 2. The highest BCUT2D eigenvalue weighted by molar-refractivity contribution is 6.69. The maximum atomic E-state index is 5.37. The Morgan fingerprint density at radius 3 is 1.43 bits per heavy atom. The number of hydrogen-bond donors (Lipinski definition) is 0. The molecule has 1 aromatic rings. The number of benzene rings is 1. The molecule has 0 saturated carbocycles. The van der Waals surface area contributed by atoms with Crippen LogP contribution in [0, 0.1) is 6.92 Å². The molecule has 76 valence electrons. The first-order chi connectivity index (χ1) is 6.46. The fourth-order valence-electron chi connectivity index (χ4n) is 0.718. The zero-order chi connectivity index (χ0) is 10.8. The predicted octanol–water partition coefficient (Wildman–Crippen LogP) is 4.86. The molecule has 2 rings (SSSR count). The highest BCUT2D eigenvalue weighted by Gasteiger charge is 2.49. The van der Waals surface area contributed by atoms with Crippen LogP contribution in [0.5, 0.6) is 0 Å². The van der Waals surface area contributed by atoms with E-state index in [1.807, 2.05) is 18.2 Å². The number of halogens is 4. The first-order valence-corrected chi connectivity index (χ1v) is 5.43. The fourth-order valence-corrected chi connectivity index (χ4v) is 1.62. The van der Waals surface area contributed by atoms with Crippen LogP contribution in [-0.2, 0) is 0 Å². The SMILES string of the molecule is Cc1ccccc1.ClC1=C(Cl)C1(Cl)Cl. The number of hydrogen-bond acceptors (Lipinski definition) is 0. The van der Waals surface area contributed by atoms with Gasteiger partial charge in [-0.2, -0.15) is 0 Å². The van der Waals surface area contributed by atoms with Crippen molar-refractivity contribution in [3.63, 3.8) is 0 Å². The van der Waals surface area contributed by atoms with Gasteiger partial charge < -0.3 is 0 Å². The number of aryl methyl sites for hydroxylation is 1. The standard InChI is InChI=1S/C7H8.C3Cl4/c1-7-5-3-2-4-6-7;4-1-2(5)3(1,6)7/h2-6H,1H3;. The molecule has 1 aliphatic rings. The van der Waals surface area contributed by atoms with Crippen molar-refractivity contribution in [3.05, 3.63) is 46.0 Å². The van der Waals surface area contributed by atoms with Gasteiger partial charge in [-0.15, -0.1) is 0 Å². The van der Waals surface area contributed by atoms with Crippen LogP contribution in [0.1, 0.15) is 5.56 Å². The van der Waals surface area contributed by atoms with Crippen LogP contribution in [0.3, 0.4) is 0 Å². The Morgan fingerprint density at radius 1 is 0.929 bits per heavy atom. The van der Waals surface area contributed by atoms with Crippen LogP contribution in [0.2, 0.25) is 0 Å². The molecule has 0 fully saturated rings. The summed E-state index contributed by atoms with van der Waals surface area (Å²) in [5.74, 6) is 0. The van der Waals surface area contributed by atoms with E-state index in [2.05, 4.69) is 19.1 Å². The number of alkyl halides is 2. The van der Waals surface area contributed by atoms with Gasteiger partial charge in [-0.3, -0.25) is 0 Å². The molecule has 0 saturated heterocycles. The van der Waals surface area contributed by atoms with Crippen molar-refractivity contribution in [2.45, 2.75) is 11.3 Å². The molecule has 0 aromatic heterocycles. The van der Waals surface area contributed by atoms with Crippen molar-refractivity contribution >= 4 is 46.4 Å². The molecule has 1 aliphatic carbocycles. The summed E-state index contributed by atoms with van der Waals surface area (Å²) >= 11 is 21.4. The van der Waals surface area contributed by atoms with Crippen molar-refractivity contribution in [1.82, 2.24) is 0 Å². The summed E-state index contributed by atoms with van der Waals surface area (Å²) < 4.78 is -1.02. The van der Waals surface area contributed by atoms with Crippen molar-refractivity contribution in [2.24, 2.45) is 0 Å². The lowest BCUT2D eigenvalue weighted by molar-refractivity contribution is 1.48. The van der Waals surface area contributed by atoms with Crippen molar-refractivity contribution in [3.8, 4) is 0 Å². The third kappa shape index (κ3) is 3.06. The highest BCUT2D eigenvalue weighted by Crippen LogP contribution is 2.57. The summed E-state index contributed by atoms with van der Waals surface area (Å²) in [4.78, 5) is 0. The lowest BCUT2D eigenvalue weighted by Gasteiger charge is -1.88. The molecular formula is C10H8Cl4. The van der Waals surface area contributed by atoms with E-state index in [1.54, 1.807) is 0 Å². The van der Waals surface area contributed by atoms with Crippen LogP contribution in [0.4, 0.5) is 0 Å². The van der Waals surface area contributed by atoms with Crippen molar-refractivity contribution in [2.75, 3.05) is 0 Å². The average Bonchev–Trinajstić information content (AvgIpc) is 2.57. The van der Waals surface area contributed by atoms with Gasteiger partial charge in [0.2, 0.25) is 0 Å². The summed E-state index contributed by atoms with van der Waals surface area (Å²) in [5.41, 5.74) is 1.32. The van der Waals surface area contributed by atoms with E-state index in [1.165, 1.54) is 5.56 Å². The lowest BCUT2D eigenvalue weighted by Crippen LogP contribution is -1.85. The highest BCUT2D eigenvalue weighted by atomic mass is 35.5. The normalized spacial score (nSPS) is 17.2. The second kappa shape index (κ2) is 4.76. The maximum absolute atomic E-state index is 5.37. The van der Waals surface area contributed by atoms with Gasteiger partial charge in [-0.1, -0.05) is 82.3 Å². The Balaban J connectivity index is 0.000000140. The molecule has 14 heavy (non-hydrogen) atoms. The maximum Gasteiger partial charge on any atom is 0.191 e. The first kappa shape index (κ1) is 12.2. The summed E-state index contributed by atoms with van der Waals surface area (Å²) in [6.45, 7) is 2.08. The first-order valence-electron chi connectivity index (χ1n) is 3.92. The largest absolute Gasteiger partial charge is 0.191 e. The van der Waals surface area contributed by atoms with Crippen LogP contribution in [0.25, 0.3) is 0 Å². The van der Waals surface area contributed by atoms with E-state index in [-0.39, 0.29) is 0 Å². The van der Waals surface area contributed by atoms with Gasteiger partial charge >= 0.3 is 0 Å². The van der Waals surface area contributed by atoms with Gasteiger partial charge in [0.15, 0.2) is 4.33 Å². The lowest BCUT2D eigenvalue weighted by atomic mass is 10.2. The third-order valence-corrected chi connectivity index (χ3v) is 3.81. The molecule has 0 amide bonds. The second-order valence-corrected chi connectivity index (χ2v) is 4.94. The summed E-state index contributed by atoms with van der Waals surface area (Å²) in [6, 6.07) is 10.3. The molecule has 0 spiro atoms. The summed E-state index contributed by atoms with van der Waals surface area (Å²) in [7, 11) is 0. The third-order valence-electron chi connectivity index (χ3n) is 1.62. The van der Waals surface area contributed by atoms with Gasteiger partial charge in [0.25, 0.3) is 0 Å². The van der Waals surface area contributed by atoms with Crippen LogP contribution >= 0.6 is 46.4 Å². The molecule has 1 aromatic carbocycles. The van der Waals surface area contributed by atoms with Gasteiger partial charge in [0.05, 0.1) is 10.1 Å². The molecule has 0 heterocycles. The molecule has 0 nitrogen and oxygen atoms in total. The zero-order valence-corrected chi connectivity index (χ0v) is 10.4. The van der Waals surface area contributed by atoms with Crippen LogP contribution in [0.15, 0.2) is 40.4 Å². The molecule has 0 bridgehead atoms. The van der Waals surface area contributed by atoms with E-state index >= 15 is 0 Å². The van der Waals surface area contributed by atoms with Crippen LogP contribution < -0.4 is 0 Å². The summed E-state index contributed by atoms with van der Waals surface area (Å²) in [6.07, 6.45) is 0. The summed E-state index contributed by atoms with van der Waals surface area (Å²) in [5, 5.41) is 0.690. The molecule has 0 unspecified atom stereocenters. The van der Waals surface area contributed by atoms with Crippen LogP contribution in [-0.4, -0.2) is 4.33 Å². The predicted molar refractivity (Wildman–Crippen MR) is 64.3 cm³/mol. The molecule has 0 atom stereocenters. The molecule has 0 aliphatic heterocycles. The molecule has 0 radical (unpaired) electrons.